The Kier molecular flexibility index (Phi) is 4.33. The second-order valence-electron chi connectivity index (χ2n) is 4.64. The van der Waals surface area contributed by atoms with Gasteiger partial charge in [-0.1, -0.05) is 0 Å². The van der Waals surface area contributed by atoms with Gasteiger partial charge in [0.1, 0.15) is 0 Å². The van der Waals surface area contributed by atoms with Gasteiger partial charge in [-0.3, -0.25) is 4.21 Å². The van der Waals surface area contributed by atoms with Crippen molar-refractivity contribution in [1.29, 1.82) is 5.26 Å². The van der Waals surface area contributed by atoms with Gasteiger partial charge in [-0.25, -0.2) is 0 Å². The number of benzene rings is 1. The first-order valence-electron chi connectivity index (χ1n) is 6.13. The summed E-state index contributed by atoms with van der Waals surface area (Å²) in [5.41, 5.74) is -0.966. The van der Waals surface area contributed by atoms with Crippen molar-refractivity contribution in [2.24, 2.45) is 0 Å². The van der Waals surface area contributed by atoms with E-state index < -0.39 is 22.5 Å². The maximum atomic E-state index is 12.8. The predicted molar refractivity (Wildman–Crippen MR) is 70.7 cm³/mol. The third-order valence-electron chi connectivity index (χ3n) is 3.20. The average molecular weight is 302 g/mol. The van der Waals surface area contributed by atoms with Crippen molar-refractivity contribution in [3.8, 4) is 6.07 Å². The van der Waals surface area contributed by atoms with Crippen molar-refractivity contribution in [1.82, 2.24) is 0 Å². The van der Waals surface area contributed by atoms with Gasteiger partial charge >= 0.3 is 6.18 Å². The summed E-state index contributed by atoms with van der Waals surface area (Å²) in [6.07, 6.45) is -3.20. The normalized spacial score (nSPS) is 23.1. The molecule has 1 saturated heterocycles. The van der Waals surface area contributed by atoms with Gasteiger partial charge < -0.3 is 5.32 Å². The number of hydrogen-bond acceptors (Lipinski definition) is 3. The SMILES string of the molecule is N#Cc1ccc(NC2CCS(=O)CC2)cc1C(F)(F)F. The van der Waals surface area contributed by atoms with Crippen molar-refractivity contribution in [2.45, 2.75) is 25.1 Å². The molecule has 7 heteroatoms. The van der Waals surface area contributed by atoms with Crippen molar-refractivity contribution >= 4 is 16.5 Å². The van der Waals surface area contributed by atoms with Crippen LogP contribution in [0, 0.1) is 11.3 Å². The molecule has 1 aliphatic heterocycles. The fraction of sp³-hybridized carbons (Fsp3) is 0.462. The Morgan fingerprint density at radius 2 is 1.95 bits per heavy atom. The number of nitriles is 1. The van der Waals surface area contributed by atoms with Crippen LogP contribution in [0.25, 0.3) is 0 Å². The summed E-state index contributed by atoms with van der Waals surface area (Å²) < 4.78 is 49.7. The van der Waals surface area contributed by atoms with E-state index in [4.69, 9.17) is 5.26 Å². The molecule has 1 N–H and O–H groups in total. The van der Waals surface area contributed by atoms with E-state index in [0.29, 0.717) is 30.0 Å². The molecule has 0 spiro atoms. The van der Waals surface area contributed by atoms with Crippen LogP contribution >= 0.6 is 0 Å². The highest BCUT2D eigenvalue weighted by Crippen LogP contribution is 2.33. The van der Waals surface area contributed by atoms with Gasteiger partial charge in [-0.15, -0.1) is 0 Å². The molecule has 0 radical (unpaired) electrons. The second-order valence-corrected chi connectivity index (χ2v) is 6.33. The lowest BCUT2D eigenvalue weighted by atomic mass is 10.1. The third kappa shape index (κ3) is 3.51. The van der Waals surface area contributed by atoms with Crippen LogP contribution in [0.5, 0.6) is 0 Å². The van der Waals surface area contributed by atoms with Crippen LogP contribution in [0.15, 0.2) is 18.2 Å². The van der Waals surface area contributed by atoms with Gasteiger partial charge in [-0.05, 0) is 31.0 Å². The summed E-state index contributed by atoms with van der Waals surface area (Å²) >= 11 is 0. The number of halogens is 3. The topological polar surface area (TPSA) is 52.9 Å². The van der Waals surface area contributed by atoms with Crippen molar-refractivity contribution in [3.05, 3.63) is 29.3 Å². The molecule has 1 aromatic carbocycles. The van der Waals surface area contributed by atoms with Crippen LogP contribution in [-0.4, -0.2) is 21.8 Å². The van der Waals surface area contributed by atoms with Crippen molar-refractivity contribution < 1.29 is 17.4 Å². The first-order chi connectivity index (χ1) is 9.40. The summed E-state index contributed by atoms with van der Waals surface area (Å²) in [5.74, 6) is 1.14. The molecule has 0 saturated carbocycles. The summed E-state index contributed by atoms with van der Waals surface area (Å²) in [5, 5.41) is 11.7. The Balaban J connectivity index is 2.17. The Labute approximate surface area is 117 Å². The minimum absolute atomic E-state index is 0.0294. The number of nitrogens with zero attached hydrogens (tertiary/aromatic N) is 1. The van der Waals surface area contributed by atoms with Gasteiger partial charge in [0, 0.05) is 34.0 Å². The summed E-state index contributed by atoms with van der Waals surface area (Å²) in [6.45, 7) is 0. The molecule has 1 heterocycles. The Morgan fingerprint density at radius 3 is 2.50 bits per heavy atom. The predicted octanol–water partition coefficient (Wildman–Crippen LogP) is 2.90. The van der Waals surface area contributed by atoms with E-state index in [2.05, 4.69) is 5.32 Å². The first-order valence-corrected chi connectivity index (χ1v) is 7.62. The zero-order chi connectivity index (χ0) is 14.8. The molecular formula is C13H13F3N2OS. The van der Waals surface area contributed by atoms with Gasteiger partial charge in [0.2, 0.25) is 0 Å². The lowest BCUT2D eigenvalue weighted by molar-refractivity contribution is -0.137. The number of nitrogens with one attached hydrogen (secondary N) is 1. The van der Waals surface area contributed by atoms with Gasteiger partial charge in [0.15, 0.2) is 0 Å². The Bertz CT molecular complexity index is 556. The van der Waals surface area contributed by atoms with Crippen LogP contribution < -0.4 is 5.32 Å². The molecule has 0 aliphatic carbocycles. The van der Waals surface area contributed by atoms with Gasteiger partial charge in [0.05, 0.1) is 17.2 Å². The van der Waals surface area contributed by atoms with Crippen molar-refractivity contribution in [2.75, 3.05) is 16.8 Å². The van der Waals surface area contributed by atoms with E-state index in [1.165, 1.54) is 12.1 Å². The van der Waals surface area contributed by atoms with E-state index in [0.717, 1.165) is 6.07 Å². The maximum Gasteiger partial charge on any atom is 0.417 e. The van der Waals surface area contributed by atoms with Crippen LogP contribution in [0.2, 0.25) is 0 Å². The molecule has 1 fully saturated rings. The fourth-order valence-electron chi connectivity index (χ4n) is 2.14. The number of hydrogen-bond donors (Lipinski definition) is 1. The minimum atomic E-state index is -4.54. The van der Waals surface area contributed by atoms with Gasteiger partial charge in [-0.2, -0.15) is 18.4 Å². The monoisotopic (exact) mass is 302 g/mol. The summed E-state index contributed by atoms with van der Waals surface area (Å²) in [4.78, 5) is 0. The minimum Gasteiger partial charge on any atom is -0.382 e. The molecule has 0 aromatic heterocycles. The average Bonchev–Trinajstić information content (AvgIpc) is 2.40. The molecule has 1 aliphatic rings. The lowest BCUT2D eigenvalue weighted by Gasteiger charge is -2.24. The number of rotatable bonds is 2. The Hall–Kier alpha value is -1.55. The Morgan fingerprint density at radius 1 is 1.30 bits per heavy atom. The van der Waals surface area contributed by atoms with Crippen molar-refractivity contribution in [3.63, 3.8) is 0 Å². The maximum absolute atomic E-state index is 12.8. The van der Waals surface area contributed by atoms with E-state index >= 15 is 0 Å². The largest absolute Gasteiger partial charge is 0.417 e. The van der Waals surface area contributed by atoms with Crippen LogP contribution in [-0.2, 0) is 17.0 Å². The molecule has 20 heavy (non-hydrogen) atoms. The van der Waals surface area contributed by atoms with E-state index in [1.807, 2.05) is 0 Å². The quantitative estimate of drug-likeness (QED) is 0.914. The van der Waals surface area contributed by atoms with E-state index in [9.17, 15) is 17.4 Å². The number of anilines is 1. The van der Waals surface area contributed by atoms with Crippen LogP contribution in [0.4, 0.5) is 18.9 Å². The van der Waals surface area contributed by atoms with Gasteiger partial charge in [0.25, 0.3) is 0 Å². The van der Waals surface area contributed by atoms with Crippen LogP contribution in [0.1, 0.15) is 24.0 Å². The molecule has 0 atom stereocenters. The highest BCUT2D eigenvalue weighted by molar-refractivity contribution is 7.85. The molecule has 0 amide bonds. The first kappa shape index (κ1) is 14.9. The molecule has 0 bridgehead atoms. The second kappa shape index (κ2) is 5.83. The zero-order valence-electron chi connectivity index (χ0n) is 10.5. The summed E-state index contributed by atoms with van der Waals surface area (Å²) in [6, 6.07) is 5.19. The molecule has 0 unspecified atom stereocenters. The number of alkyl halides is 3. The smallest absolute Gasteiger partial charge is 0.382 e. The van der Waals surface area contributed by atoms with E-state index in [1.54, 1.807) is 6.07 Å². The standard InChI is InChI=1S/C13H13F3N2OS/c14-13(15,16)12-7-11(2-1-9(12)8-17)18-10-3-5-20(19)6-4-10/h1-2,7,10,18H,3-6H2. The molecule has 1 aromatic rings. The fourth-order valence-corrected chi connectivity index (χ4v) is 3.44. The summed E-state index contributed by atoms with van der Waals surface area (Å²) in [7, 11) is -0.806. The zero-order valence-corrected chi connectivity index (χ0v) is 11.4. The molecule has 108 valence electrons. The molecular weight excluding hydrogens is 289 g/mol. The third-order valence-corrected chi connectivity index (χ3v) is 4.59. The molecule has 2 rings (SSSR count). The van der Waals surface area contributed by atoms with E-state index in [-0.39, 0.29) is 11.6 Å². The van der Waals surface area contributed by atoms with Crippen LogP contribution in [0.3, 0.4) is 0 Å². The highest BCUT2D eigenvalue weighted by Gasteiger charge is 2.34. The highest BCUT2D eigenvalue weighted by atomic mass is 32.2. The lowest BCUT2D eigenvalue weighted by Crippen LogP contribution is -2.29. The molecule has 3 nitrogen and oxygen atoms in total.